The molecule has 1 amide bonds. The molecule has 0 bridgehead atoms. The summed E-state index contributed by atoms with van der Waals surface area (Å²) in [5.74, 6) is 0.893. The lowest BCUT2D eigenvalue weighted by Crippen LogP contribution is -2.13. The van der Waals surface area contributed by atoms with Crippen molar-refractivity contribution in [3.8, 4) is 22.9 Å². The quantitative estimate of drug-likeness (QED) is 0.436. The molecule has 152 valence electrons. The molecule has 0 aliphatic carbocycles. The van der Waals surface area contributed by atoms with Crippen LogP contribution in [0.3, 0.4) is 0 Å². The van der Waals surface area contributed by atoms with Crippen LogP contribution in [0.25, 0.3) is 22.9 Å². The minimum Gasteiger partial charge on any atom is -0.416 e. The number of nitrogens with zero attached hydrogens (tertiary/aromatic N) is 2. The average molecular weight is 418 g/mol. The molecule has 0 spiro atoms. The molecule has 0 atom stereocenters. The molecule has 30 heavy (non-hydrogen) atoms. The van der Waals surface area contributed by atoms with E-state index in [2.05, 4.69) is 48.4 Å². The smallest absolute Gasteiger partial charge is 0.248 e. The van der Waals surface area contributed by atoms with Gasteiger partial charge in [-0.3, -0.25) is 4.79 Å². The molecule has 2 aromatic carbocycles. The van der Waals surface area contributed by atoms with Crippen molar-refractivity contribution in [2.45, 2.75) is 32.6 Å². The fraction of sp³-hybridized carbons (Fsp3) is 0.208. The number of anilines is 1. The van der Waals surface area contributed by atoms with E-state index in [1.54, 1.807) is 11.3 Å². The molecule has 0 radical (unpaired) electrons. The number of rotatable bonds is 5. The second-order valence-corrected chi connectivity index (χ2v) is 9.15. The number of hydrogen-bond acceptors (Lipinski definition) is 5. The predicted molar refractivity (Wildman–Crippen MR) is 121 cm³/mol. The van der Waals surface area contributed by atoms with Gasteiger partial charge in [0, 0.05) is 21.7 Å². The van der Waals surface area contributed by atoms with E-state index >= 15 is 0 Å². The van der Waals surface area contributed by atoms with Crippen molar-refractivity contribution in [2.75, 3.05) is 5.32 Å². The van der Waals surface area contributed by atoms with Crippen LogP contribution in [0.1, 0.15) is 31.2 Å². The minimum absolute atomic E-state index is 0.0380. The molecule has 6 heteroatoms. The summed E-state index contributed by atoms with van der Waals surface area (Å²) >= 11 is 1.58. The monoisotopic (exact) mass is 417 g/mol. The van der Waals surface area contributed by atoms with Crippen molar-refractivity contribution < 1.29 is 9.21 Å². The third kappa shape index (κ3) is 4.66. The Morgan fingerprint density at radius 3 is 2.07 bits per heavy atom. The maximum absolute atomic E-state index is 12.1. The zero-order chi connectivity index (χ0) is 21.1. The Morgan fingerprint density at radius 2 is 1.53 bits per heavy atom. The van der Waals surface area contributed by atoms with Crippen LogP contribution in [0.5, 0.6) is 0 Å². The molecule has 4 aromatic rings. The van der Waals surface area contributed by atoms with E-state index in [0.717, 1.165) is 21.7 Å². The number of aromatic nitrogens is 2. The fourth-order valence-corrected chi connectivity index (χ4v) is 3.75. The van der Waals surface area contributed by atoms with Gasteiger partial charge >= 0.3 is 0 Å². The topological polar surface area (TPSA) is 68.0 Å². The van der Waals surface area contributed by atoms with Crippen molar-refractivity contribution in [1.82, 2.24) is 10.2 Å². The molecule has 2 aromatic heterocycles. The first-order valence-corrected chi connectivity index (χ1v) is 10.6. The SMILES string of the molecule is CC(C)(C)c1ccc(-c2nnc(-c3ccc(NC(=O)Cc4cccs4)cc3)o2)cc1. The molecule has 0 aliphatic rings. The van der Waals surface area contributed by atoms with Crippen LogP contribution < -0.4 is 5.32 Å². The van der Waals surface area contributed by atoms with Gasteiger partial charge in [-0.1, -0.05) is 39.0 Å². The lowest BCUT2D eigenvalue weighted by Gasteiger charge is -2.18. The highest BCUT2D eigenvalue weighted by Crippen LogP contribution is 2.28. The molecule has 0 unspecified atom stereocenters. The minimum atomic E-state index is -0.0380. The van der Waals surface area contributed by atoms with Crippen LogP contribution in [0, 0.1) is 0 Å². The van der Waals surface area contributed by atoms with Gasteiger partial charge in [0.15, 0.2) is 0 Å². The number of carbonyl (C=O) groups excluding carboxylic acids is 1. The Hall–Kier alpha value is -3.25. The molecule has 0 aliphatic heterocycles. The van der Waals surface area contributed by atoms with Gasteiger partial charge < -0.3 is 9.73 Å². The normalized spacial score (nSPS) is 11.4. The van der Waals surface area contributed by atoms with Crippen molar-refractivity contribution in [3.05, 3.63) is 76.5 Å². The van der Waals surface area contributed by atoms with E-state index in [1.165, 1.54) is 5.56 Å². The second kappa shape index (κ2) is 8.24. The summed E-state index contributed by atoms with van der Waals surface area (Å²) in [6.07, 6.45) is 0.375. The highest BCUT2D eigenvalue weighted by Gasteiger charge is 2.15. The van der Waals surface area contributed by atoms with E-state index in [1.807, 2.05) is 53.9 Å². The van der Waals surface area contributed by atoms with Crippen LogP contribution in [-0.2, 0) is 16.6 Å². The lowest BCUT2D eigenvalue weighted by atomic mass is 9.87. The maximum Gasteiger partial charge on any atom is 0.248 e. The summed E-state index contributed by atoms with van der Waals surface area (Å²) in [5.41, 5.74) is 3.77. The van der Waals surface area contributed by atoms with Gasteiger partial charge in [-0.05, 0) is 58.8 Å². The molecule has 2 heterocycles. The number of thiophene rings is 1. The number of benzene rings is 2. The van der Waals surface area contributed by atoms with Gasteiger partial charge in [0.1, 0.15) is 0 Å². The van der Waals surface area contributed by atoms with Gasteiger partial charge in [-0.25, -0.2) is 0 Å². The van der Waals surface area contributed by atoms with E-state index < -0.39 is 0 Å². The Bertz CT molecular complexity index is 1120. The molecule has 0 fully saturated rings. The highest BCUT2D eigenvalue weighted by molar-refractivity contribution is 7.10. The summed E-state index contributed by atoms with van der Waals surface area (Å²) in [4.78, 5) is 13.2. The standard InChI is InChI=1S/C24H23N3O2S/c1-24(2,3)18-10-6-16(7-11-18)22-26-27-23(29-22)17-8-12-19(13-9-17)25-21(28)15-20-5-4-14-30-20/h4-14H,15H2,1-3H3,(H,25,28). The molecule has 4 rings (SSSR count). The van der Waals surface area contributed by atoms with Crippen molar-refractivity contribution >= 4 is 22.9 Å². The number of amides is 1. The van der Waals surface area contributed by atoms with Crippen LogP contribution in [0.15, 0.2) is 70.5 Å². The number of nitrogens with one attached hydrogen (secondary N) is 1. The summed E-state index contributed by atoms with van der Waals surface area (Å²) in [6, 6.07) is 19.5. The maximum atomic E-state index is 12.1. The van der Waals surface area contributed by atoms with Gasteiger partial charge in [0.05, 0.1) is 6.42 Å². The molecule has 1 N–H and O–H groups in total. The van der Waals surface area contributed by atoms with E-state index in [4.69, 9.17) is 4.42 Å². The molecular weight excluding hydrogens is 394 g/mol. The Kier molecular flexibility index (Phi) is 5.50. The zero-order valence-electron chi connectivity index (χ0n) is 17.2. The summed E-state index contributed by atoms with van der Waals surface area (Å²) in [5, 5.41) is 13.2. The fourth-order valence-electron chi connectivity index (χ4n) is 3.04. The van der Waals surface area contributed by atoms with E-state index in [-0.39, 0.29) is 11.3 Å². The van der Waals surface area contributed by atoms with Gasteiger partial charge in [0.2, 0.25) is 17.7 Å². The van der Waals surface area contributed by atoms with Crippen molar-refractivity contribution in [1.29, 1.82) is 0 Å². The van der Waals surface area contributed by atoms with Crippen molar-refractivity contribution in [3.63, 3.8) is 0 Å². The number of hydrogen-bond donors (Lipinski definition) is 1. The molecular formula is C24H23N3O2S. The van der Waals surface area contributed by atoms with E-state index in [9.17, 15) is 4.79 Å². The van der Waals surface area contributed by atoms with Crippen LogP contribution in [0.4, 0.5) is 5.69 Å². The molecule has 5 nitrogen and oxygen atoms in total. The summed E-state index contributed by atoms with van der Waals surface area (Å²) in [7, 11) is 0. The third-order valence-corrected chi connectivity index (χ3v) is 5.63. The summed E-state index contributed by atoms with van der Waals surface area (Å²) < 4.78 is 5.86. The first-order chi connectivity index (χ1) is 14.4. The van der Waals surface area contributed by atoms with Crippen LogP contribution >= 0.6 is 11.3 Å². The van der Waals surface area contributed by atoms with Gasteiger partial charge in [-0.2, -0.15) is 0 Å². The molecule has 0 saturated carbocycles. The molecule has 0 saturated heterocycles. The largest absolute Gasteiger partial charge is 0.416 e. The lowest BCUT2D eigenvalue weighted by molar-refractivity contribution is -0.115. The van der Waals surface area contributed by atoms with E-state index in [0.29, 0.717) is 18.2 Å². The number of carbonyl (C=O) groups is 1. The van der Waals surface area contributed by atoms with Crippen LogP contribution in [-0.4, -0.2) is 16.1 Å². The Balaban J connectivity index is 1.44. The first-order valence-electron chi connectivity index (χ1n) is 9.75. The average Bonchev–Trinajstić information content (AvgIpc) is 3.40. The van der Waals surface area contributed by atoms with Crippen LogP contribution in [0.2, 0.25) is 0 Å². The van der Waals surface area contributed by atoms with Gasteiger partial charge in [-0.15, -0.1) is 21.5 Å². The summed E-state index contributed by atoms with van der Waals surface area (Å²) in [6.45, 7) is 6.54. The highest BCUT2D eigenvalue weighted by atomic mass is 32.1. The third-order valence-electron chi connectivity index (χ3n) is 4.75. The zero-order valence-corrected chi connectivity index (χ0v) is 18.0. The Morgan fingerprint density at radius 1 is 0.933 bits per heavy atom. The van der Waals surface area contributed by atoms with Gasteiger partial charge in [0.25, 0.3) is 0 Å². The van der Waals surface area contributed by atoms with Crippen molar-refractivity contribution in [2.24, 2.45) is 0 Å². The second-order valence-electron chi connectivity index (χ2n) is 8.12. The predicted octanol–water partition coefficient (Wildman–Crippen LogP) is 5.94. The Labute approximate surface area is 179 Å². The first kappa shape index (κ1) is 20.0.